The molecule has 8 heteroatoms. The van der Waals surface area contributed by atoms with Gasteiger partial charge in [-0.25, -0.2) is 18.4 Å². The van der Waals surface area contributed by atoms with E-state index in [0.29, 0.717) is 17.8 Å². The first-order chi connectivity index (χ1) is 8.55. The number of nitrogens with one attached hydrogen (secondary N) is 2. The van der Waals surface area contributed by atoms with Crippen molar-refractivity contribution in [3.8, 4) is 0 Å². The Balaban J connectivity index is 1.92. The summed E-state index contributed by atoms with van der Waals surface area (Å²) in [6, 6.07) is -0.0925. The van der Waals surface area contributed by atoms with Crippen molar-refractivity contribution in [1.29, 1.82) is 0 Å². The van der Waals surface area contributed by atoms with Gasteiger partial charge in [0.15, 0.2) is 21.2 Å². The van der Waals surface area contributed by atoms with E-state index in [1.807, 2.05) is 6.92 Å². The molecule has 2 aromatic rings. The molecule has 3 heterocycles. The molecule has 3 rings (SSSR count). The van der Waals surface area contributed by atoms with Crippen LogP contribution in [0.4, 0.5) is 5.82 Å². The fraction of sp³-hybridized carbons (Fsp3) is 0.500. The first-order valence-corrected chi connectivity index (χ1v) is 7.50. The summed E-state index contributed by atoms with van der Waals surface area (Å²) in [5, 5.41) is 10.1. The summed E-state index contributed by atoms with van der Waals surface area (Å²) in [6.07, 6.45) is 2.06. The summed E-state index contributed by atoms with van der Waals surface area (Å²) in [7, 11) is -2.90. The fourth-order valence-corrected chi connectivity index (χ4v) is 3.83. The second kappa shape index (κ2) is 3.91. The number of hydrogen-bond acceptors (Lipinski definition) is 6. The van der Waals surface area contributed by atoms with Crippen molar-refractivity contribution in [1.82, 2.24) is 20.2 Å². The predicted molar refractivity (Wildman–Crippen MR) is 67.1 cm³/mol. The van der Waals surface area contributed by atoms with Gasteiger partial charge in [-0.15, -0.1) is 0 Å². The van der Waals surface area contributed by atoms with Crippen LogP contribution in [0.15, 0.2) is 6.33 Å². The number of aromatic amines is 1. The number of sulfone groups is 1. The minimum absolute atomic E-state index is 0.0925. The van der Waals surface area contributed by atoms with Gasteiger partial charge in [0.2, 0.25) is 0 Å². The van der Waals surface area contributed by atoms with Crippen LogP contribution < -0.4 is 5.32 Å². The van der Waals surface area contributed by atoms with Crippen molar-refractivity contribution in [2.24, 2.45) is 0 Å². The van der Waals surface area contributed by atoms with Gasteiger partial charge in [-0.05, 0) is 13.3 Å². The number of H-pyrrole nitrogens is 1. The molecule has 1 atom stereocenters. The van der Waals surface area contributed by atoms with E-state index >= 15 is 0 Å². The molecule has 0 aliphatic carbocycles. The van der Waals surface area contributed by atoms with Crippen molar-refractivity contribution < 1.29 is 8.42 Å². The zero-order valence-electron chi connectivity index (χ0n) is 9.84. The fourth-order valence-electron chi connectivity index (χ4n) is 2.16. The molecule has 7 nitrogen and oxygen atoms in total. The highest BCUT2D eigenvalue weighted by Gasteiger charge is 2.28. The maximum atomic E-state index is 11.4. The van der Waals surface area contributed by atoms with Gasteiger partial charge in [-0.1, -0.05) is 0 Å². The molecule has 1 aliphatic rings. The lowest BCUT2D eigenvalue weighted by atomic mass is 10.2. The molecule has 0 amide bonds. The smallest absolute Gasteiger partial charge is 0.158 e. The largest absolute Gasteiger partial charge is 0.364 e. The maximum absolute atomic E-state index is 11.4. The Morgan fingerprint density at radius 3 is 2.94 bits per heavy atom. The number of hydrogen-bond donors (Lipinski definition) is 2. The molecule has 0 spiro atoms. The van der Waals surface area contributed by atoms with Gasteiger partial charge in [0.1, 0.15) is 11.8 Å². The van der Waals surface area contributed by atoms with Crippen LogP contribution in [-0.2, 0) is 9.84 Å². The van der Waals surface area contributed by atoms with Crippen LogP contribution in [0.2, 0.25) is 0 Å². The van der Waals surface area contributed by atoms with Crippen LogP contribution in [0.3, 0.4) is 0 Å². The maximum Gasteiger partial charge on any atom is 0.158 e. The quantitative estimate of drug-likeness (QED) is 0.809. The molecule has 1 unspecified atom stereocenters. The minimum atomic E-state index is -2.90. The molecule has 1 saturated heterocycles. The number of aryl methyl sites for hydroxylation is 1. The molecule has 2 N–H and O–H groups in total. The Kier molecular flexibility index (Phi) is 2.47. The standard InChI is InChI=1S/C10H13N5O2S/c1-6-8-9(15-14-6)10(12-5-11-8)13-7-2-3-18(16,17)4-7/h5,7H,2-4H2,1H3,(H,14,15)(H,11,12,13). The van der Waals surface area contributed by atoms with E-state index in [1.165, 1.54) is 6.33 Å². The van der Waals surface area contributed by atoms with Gasteiger partial charge in [0.25, 0.3) is 0 Å². The number of aromatic nitrogens is 4. The number of anilines is 1. The Morgan fingerprint density at radius 2 is 2.22 bits per heavy atom. The van der Waals surface area contributed by atoms with E-state index in [4.69, 9.17) is 0 Å². The van der Waals surface area contributed by atoms with Gasteiger partial charge >= 0.3 is 0 Å². The highest BCUT2D eigenvalue weighted by Crippen LogP contribution is 2.22. The topological polar surface area (TPSA) is 101 Å². The predicted octanol–water partition coefficient (Wildman–Crippen LogP) is 0.260. The molecular formula is C10H13N5O2S. The lowest BCUT2D eigenvalue weighted by molar-refractivity contribution is 0.602. The van der Waals surface area contributed by atoms with Crippen LogP contribution in [0, 0.1) is 6.92 Å². The zero-order valence-corrected chi connectivity index (χ0v) is 10.7. The third-order valence-electron chi connectivity index (χ3n) is 3.09. The summed E-state index contributed by atoms with van der Waals surface area (Å²) >= 11 is 0. The lowest BCUT2D eigenvalue weighted by Crippen LogP contribution is -2.21. The summed E-state index contributed by atoms with van der Waals surface area (Å²) < 4.78 is 22.8. The van der Waals surface area contributed by atoms with Crippen LogP contribution in [0.1, 0.15) is 12.1 Å². The number of rotatable bonds is 2. The van der Waals surface area contributed by atoms with E-state index in [0.717, 1.165) is 11.2 Å². The monoisotopic (exact) mass is 267 g/mol. The third kappa shape index (κ3) is 1.92. The lowest BCUT2D eigenvalue weighted by Gasteiger charge is -2.10. The molecule has 18 heavy (non-hydrogen) atoms. The van der Waals surface area contributed by atoms with E-state index < -0.39 is 9.84 Å². The van der Waals surface area contributed by atoms with E-state index in [-0.39, 0.29) is 17.5 Å². The van der Waals surface area contributed by atoms with E-state index in [1.54, 1.807) is 0 Å². The minimum Gasteiger partial charge on any atom is -0.364 e. The Hall–Kier alpha value is -1.70. The second-order valence-corrected chi connectivity index (χ2v) is 6.74. The molecule has 0 aromatic carbocycles. The van der Waals surface area contributed by atoms with Crippen molar-refractivity contribution in [2.45, 2.75) is 19.4 Å². The van der Waals surface area contributed by atoms with Crippen molar-refractivity contribution in [3.05, 3.63) is 12.0 Å². The molecular weight excluding hydrogens is 254 g/mol. The van der Waals surface area contributed by atoms with Gasteiger partial charge < -0.3 is 5.32 Å². The third-order valence-corrected chi connectivity index (χ3v) is 4.85. The van der Waals surface area contributed by atoms with Crippen LogP contribution in [0.5, 0.6) is 0 Å². The normalized spacial score (nSPS) is 22.4. The van der Waals surface area contributed by atoms with Gasteiger partial charge in [-0.2, -0.15) is 5.10 Å². The van der Waals surface area contributed by atoms with Crippen LogP contribution in [-0.4, -0.2) is 46.1 Å². The molecule has 2 aromatic heterocycles. The molecule has 1 aliphatic heterocycles. The summed E-state index contributed by atoms with van der Waals surface area (Å²) in [5.74, 6) is 0.979. The number of fused-ring (bicyclic) bond motifs is 1. The average Bonchev–Trinajstić information content (AvgIpc) is 2.84. The Labute approximate surface area is 104 Å². The van der Waals surface area contributed by atoms with Gasteiger partial charge in [-0.3, -0.25) is 5.10 Å². The molecule has 0 saturated carbocycles. The van der Waals surface area contributed by atoms with E-state index in [2.05, 4.69) is 25.5 Å². The Bertz CT molecular complexity index is 693. The Morgan fingerprint density at radius 1 is 1.39 bits per heavy atom. The second-order valence-electron chi connectivity index (χ2n) is 4.51. The molecule has 1 fully saturated rings. The molecule has 96 valence electrons. The first-order valence-electron chi connectivity index (χ1n) is 5.68. The SMILES string of the molecule is Cc1[nH]nc2c(NC3CCS(=O)(=O)C3)ncnc12. The van der Waals surface area contributed by atoms with E-state index in [9.17, 15) is 8.42 Å². The van der Waals surface area contributed by atoms with Crippen LogP contribution >= 0.6 is 0 Å². The number of nitrogens with zero attached hydrogens (tertiary/aromatic N) is 3. The van der Waals surface area contributed by atoms with Crippen LogP contribution in [0.25, 0.3) is 11.0 Å². The van der Waals surface area contributed by atoms with Crippen molar-refractivity contribution >= 4 is 26.7 Å². The summed E-state index contributed by atoms with van der Waals surface area (Å²) in [5.41, 5.74) is 2.28. The summed E-state index contributed by atoms with van der Waals surface area (Å²) in [6.45, 7) is 1.88. The first kappa shape index (κ1) is 11.4. The van der Waals surface area contributed by atoms with Crippen molar-refractivity contribution in [3.63, 3.8) is 0 Å². The highest BCUT2D eigenvalue weighted by atomic mass is 32.2. The molecule has 0 radical (unpaired) electrons. The summed E-state index contributed by atoms with van der Waals surface area (Å²) in [4.78, 5) is 8.27. The van der Waals surface area contributed by atoms with Crippen molar-refractivity contribution in [2.75, 3.05) is 16.8 Å². The van der Waals surface area contributed by atoms with Gasteiger partial charge in [0, 0.05) is 6.04 Å². The highest BCUT2D eigenvalue weighted by molar-refractivity contribution is 7.91. The average molecular weight is 267 g/mol. The molecule has 0 bridgehead atoms. The van der Waals surface area contributed by atoms with Gasteiger partial charge in [0.05, 0.1) is 17.2 Å². The zero-order chi connectivity index (χ0) is 12.8.